The van der Waals surface area contributed by atoms with E-state index in [1.54, 1.807) is 0 Å². The van der Waals surface area contributed by atoms with E-state index in [1.807, 2.05) is 0 Å². The molecule has 16 nitrogen and oxygen atoms in total. The van der Waals surface area contributed by atoms with Crippen LogP contribution < -0.4 is 11.1 Å². The van der Waals surface area contributed by atoms with Crippen LogP contribution in [-0.2, 0) is 20.0 Å². The van der Waals surface area contributed by atoms with Crippen LogP contribution in [0.25, 0.3) is 0 Å². The van der Waals surface area contributed by atoms with Crippen molar-refractivity contribution in [2.45, 2.75) is 0 Å². The van der Waals surface area contributed by atoms with E-state index >= 15 is 0 Å². The Hall–Kier alpha value is -1.91. The second kappa shape index (κ2) is 20.1. The Bertz CT molecular complexity index is 1110. The van der Waals surface area contributed by atoms with Crippen LogP contribution in [0.4, 0.5) is 0 Å². The average molecular weight is 669 g/mol. The maximum atomic E-state index is 11.5. The van der Waals surface area contributed by atoms with E-state index in [0.29, 0.717) is 12.8 Å². The summed E-state index contributed by atoms with van der Waals surface area (Å²) in [6.45, 7) is -0.0995. The molecule has 212 valence electrons. The fraction of sp³-hybridized carbons (Fsp3) is 0.286. The van der Waals surface area contributed by atoms with Crippen molar-refractivity contribution in [1.29, 1.82) is 0 Å². The minimum atomic E-state index is -4.67. The molecule has 2 aromatic heterocycles. The molecule has 2 aromatic rings. The highest BCUT2D eigenvalue weighted by Crippen LogP contribution is 2.28. The van der Waals surface area contributed by atoms with Gasteiger partial charge in [0, 0.05) is 14.1 Å². The number of nitrogens with two attached hydrogens (primary N) is 1. The lowest BCUT2D eigenvalue weighted by molar-refractivity contribution is -0.120. The van der Waals surface area contributed by atoms with Crippen molar-refractivity contribution in [1.82, 2.24) is 23.9 Å². The molecule has 0 spiro atoms. The molecule has 4 amide bonds. The van der Waals surface area contributed by atoms with Crippen LogP contribution in [0.1, 0.15) is 19.3 Å². The van der Waals surface area contributed by atoms with Gasteiger partial charge in [0.2, 0.25) is 12.8 Å². The first kappa shape index (κ1) is 39.6. The van der Waals surface area contributed by atoms with E-state index in [-0.39, 0.29) is 49.0 Å². The number of carbonyl (C=O) groups is 4. The fourth-order valence-corrected chi connectivity index (χ4v) is 3.36. The van der Waals surface area contributed by atoms with Gasteiger partial charge in [-0.3, -0.25) is 28.3 Å². The molecule has 0 atom stereocenters. The molecule has 2 heterocycles. The Kier molecular flexibility index (Phi) is 21.5. The van der Waals surface area contributed by atoms with Gasteiger partial charge in [-0.1, -0.05) is 46.4 Å². The van der Waals surface area contributed by atoms with Gasteiger partial charge in [-0.05, 0) is 23.1 Å². The van der Waals surface area contributed by atoms with Crippen molar-refractivity contribution in [2.24, 2.45) is 5.73 Å². The van der Waals surface area contributed by atoms with Crippen LogP contribution in [0.2, 0.25) is 20.4 Å². The Morgan fingerprint density at radius 1 is 0.973 bits per heavy atom. The lowest BCUT2D eigenvalue weighted by Crippen LogP contribution is -2.34. The predicted molar refractivity (Wildman–Crippen MR) is 136 cm³/mol. The van der Waals surface area contributed by atoms with E-state index in [9.17, 15) is 19.2 Å². The molecular weight excluding hydrogens is 650 g/mol. The van der Waals surface area contributed by atoms with Crippen molar-refractivity contribution in [2.75, 3.05) is 27.5 Å². The number of primary amides is 1. The van der Waals surface area contributed by atoms with E-state index < -0.39 is 22.2 Å². The SMILES string of the molecule is CN(C=O)CNC(=O)c1snc(Cl)c1Cl.CN(C=O)CO.NC(=O)c1snc(Cl)c1Cl.O=S(=O)(O)O.[OH-]. The maximum absolute atomic E-state index is 11.5. The summed E-state index contributed by atoms with van der Waals surface area (Å²) in [7, 11) is -1.64. The van der Waals surface area contributed by atoms with Gasteiger partial charge in [0.1, 0.15) is 26.5 Å². The third-order valence-corrected chi connectivity index (χ3v) is 6.31. The topological polar surface area (TPSA) is 263 Å². The number of aromatic nitrogens is 2. The Balaban J connectivity index is -0.000000455. The molecule has 0 aliphatic heterocycles. The summed E-state index contributed by atoms with van der Waals surface area (Å²) < 4.78 is 38.9. The molecule has 2 rings (SSSR count). The first-order chi connectivity index (χ1) is 16.5. The van der Waals surface area contributed by atoms with Crippen molar-refractivity contribution < 1.29 is 47.3 Å². The van der Waals surface area contributed by atoms with E-state index in [1.165, 1.54) is 19.0 Å². The summed E-state index contributed by atoms with van der Waals surface area (Å²) in [5.41, 5.74) is 4.92. The van der Waals surface area contributed by atoms with Crippen molar-refractivity contribution >= 4 is 105 Å². The monoisotopic (exact) mass is 667 g/mol. The molecule has 0 aliphatic carbocycles. The maximum Gasteiger partial charge on any atom is 0.394 e. The number of halogens is 4. The lowest BCUT2D eigenvalue weighted by Gasteiger charge is -2.10. The molecule has 0 aliphatic rings. The second-order valence-corrected chi connectivity index (χ2v) is 9.49. The highest BCUT2D eigenvalue weighted by atomic mass is 35.5. The zero-order valence-corrected chi connectivity index (χ0v) is 23.9. The number of rotatable bonds is 7. The van der Waals surface area contributed by atoms with Gasteiger partial charge in [0.05, 0.1) is 6.67 Å². The molecule has 37 heavy (non-hydrogen) atoms. The third kappa shape index (κ3) is 18.9. The number of hydrogen-bond acceptors (Lipinski definition) is 12. The summed E-state index contributed by atoms with van der Waals surface area (Å²) in [6.07, 6.45) is 1.15. The summed E-state index contributed by atoms with van der Waals surface area (Å²) in [5.74, 6) is -1.01. The number of nitrogens with zero attached hydrogens (tertiary/aromatic N) is 4. The van der Waals surface area contributed by atoms with E-state index in [2.05, 4.69) is 14.1 Å². The minimum Gasteiger partial charge on any atom is -0.870 e. The second-order valence-electron chi connectivity index (χ2n) is 5.58. The molecular formula is C14H19Cl4N6O10S3-. The molecule has 7 N–H and O–H groups in total. The first-order valence-corrected chi connectivity index (χ1v) is 12.8. The van der Waals surface area contributed by atoms with Crippen LogP contribution in [0.5, 0.6) is 0 Å². The van der Waals surface area contributed by atoms with Crippen molar-refractivity contribution in [3.63, 3.8) is 0 Å². The molecule has 0 saturated carbocycles. The van der Waals surface area contributed by atoms with Gasteiger partial charge < -0.3 is 31.4 Å². The van der Waals surface area contributed by atoms with Gasteiger partial charge in [-0.15, -0.1) is 0 Å². The van der Waals surface area contributed by atoms with Crippen LogP contribution >= 0.6 is 69.5 Å². The third-order valence-electron chi connectivity index (χ3n) is 2.70. The minimum absolute atomic E-state index is 0. The summed E-state index contributed by atoms with van der Waals surface area (Å²) in [6, 6.07) is 0. The fourth-order valence-electron chi connectivity index (χ4n) is 1.16. The van der Waals surface area contributed by atoms with Crippen LogP contribution in [0, 0.1) is 0 Å². The van der Waals surface area contributed by atoms with Gasteiger partial charge >= 0.3 is 10.4 Å². The Morgan fingerprint density at radius 3 is 1.57 bits per heavy atom. The van der Waals surface area contributed by atoms with Crippen LogP contribution in [0.3, 0.4) is 0 Å². The smallest absolute Gasteiger partial charge is 0.394 e. The molecule has 0 aromatic carbocycles. The summed E-state index contributed by atoms with van der Waals surface area (Å²) in [5, 5.41) is 11.0. The Morgan fingerprint density at radius 2 is 1.35 bits per heavy atom. The normalized spacial score (nSPS) is 9.43. The Labute approximate surface area is 238 Å². The molecule has 0 fully saturated rings. The first-order valence-electron chi connectivity index (χ1n) is 8.31. The number of aliphatic hydroxyl groups excluding tert-OH is 1. The number of amides is 4. The number of carbonyl (C=O) groups excluding carboxylic acids is 4. The van der Waals surface area contributed by atoms with E-state index in [4.69, 9.17) is 74.8 Å². The van der Waals surface area contributed by atoms with Gasteiger partial charge in [0.25, 0.3) is 11.8 Å². The number of hydrogen-bond donors (Lipinski definition) is 5. The number of aliphatic hydroxyl groups is 1. The molecule has 0 unspecified atom stereocenters. The lowest BCUT2D eigenvalue weighted by atomic mass is 10.4. The van der Waals surface area contributed by atoms with Crippen LogP contribution in [-0.4, -0.2) is 98.8 Å². The van der Waals surface area contributed by atoms with E-state index in [0.717, 1.165) is 28.0 Å². The van der Waals surface area contributed by atoms with Crippen molar-refractivity contribution in [3.8, 4) is 0 Å². The zero-order valence-electron chi connectivity index (χ0n) is 18.4. The molecule has 23 heteroatoms. The average Bonchev–Trinajstić information content (AvgIpc) is 3.31. The number of nitrogens with one attached hydrogen (secondary N) is 1. The predicted octanol–water partition coefficient (Wildman–Crippen LogP) is 0.969. The molecule has 0 radical (unpaired) electrons. The molecule has 0 bridgehead atoms. The highest BCUT2D eigenvalue weighted by Gasteiger charge is 2.17. The molecule has 0 saturated heterocycles. The standard InChI is InChI=1S/C7H7Cl2N3O2S.C4H2Cl2N2OS.C3H7NO2.H2O4S.H2O/c1-12(3-13)2-10-7(14)5-4(8)6(9)11-15-5;5-1-2(4(7)9)10-8-3(1)6;1-4(2-5)3-6;1-5(2,3)4;/h3H,2H2,1H3,(H,10,14);(H2,7,9);2,6H,3H2,1H3;(H2,1,2,3,4);1H2/p-1. The van der Waals surface area contributed by atoms with Crippen LogP contribution in [0.15, 0.2) is 0 Å². The zero-order chi connectivity index (χ0) is 28.6. The van der Waals surface area contributed by atoms with Gasteiger partial charge in [-0.25, -0.2) is 0 Å². The van der Waals surface area contributed by atoms with Crippen molar-refractivity contribution in [3.05, 3.63) is 30.1 Å². The summed E-state index contributed by atoms with van der Waals surface area (Å²) >= 11 is 24.1. The van der Waals surface area contributed by atoms with Gasteiger partial charge in [-0.2, -0.15) is 17.2 Å². The largest absolute Gasteiger partial charge is 0.870 e. The summed E-state index contributed by atoms with van der Waals surface area (Å²) in [4.78, 5) is 44.5. The quantitative estimate of drug-likeness (QED) is 0.157. The highest BCUT2D eigenvalue weighted by molar-refractivity contribution is 7.79. The van der Waals surface area contributed by atoms with Gasteiger partial charge in [0.15, 0.2) is 10.3 Å².